The minimum atomic E-state index is -2.68. The van der Waals surface area contributed by atoms with Crippen LogP contribution in [0.15, 0.2) is 0 Å². The molecule has 2 aliphatic rings. The highest BCUT2D eigenvalue weighted by molar-refractivity contribution is 7.99. The predicted octanol–water partition coefficient (Wildman–Crippen LogP) is 2.28. The summed E-state index contributed by atoms with van der Waals surface area (Å²) in [6.45, 7) is 0. The summed E-state index contributed by atoms with van der Waals surface area (Å²) < 4.78 is 26.1. The first-order chi connectivity index (χ1) is 9.35. The summed E-state index contributed by atoms with van der Waals surface area (Å²) in [6, 6.07) is 0. The van der Waals surface area contributed by atoms with Crippen LogP contribution < -0.4 is 5.32 Å². The second-order valence-electron chi connectivity index (χ2n) is 5.62. The third-order valence-corrected chi connectivity index (χ3v) is 5.19. The molecule has 0 aromatic heterocycles. The molecule has 0 atom stereocenters. The molecule has 0 spiro atoms. The molecule has 0 bridgehead atoms. The van der Waals surface area contributed by atoms with Crippen LogP contribution in [0.5, 0.6) is 0 Å². The van der Waals surface area contributed by atoms with Crippen LogP contribution >= 0.6 is 11.8 Å². The number of hydrogen-bond acceptors (Lipinski definition) is 3. The van der Waals surface area contributed by atoms with Gasteiger partial charge in [0, 0.05) is 18.8 Å². The Kier molecular flexibility index (Phi) is 4.56. The van der Waals surface area contributed by atoms with Crippen LogP contribution in [-0.4, -0.2) is 40.0 Å². The molecule has 20 heavy (non-hydrogen) atoms. The Morgan fingerprint density at radius 1 is 1.10 bits per heavy atom. The number of aliphatic carboxylic acids is 1. The highest BCUT2D eigenvalue weighted by Gasteiger charge is 2.44. The van der Waals surface area contributed by atoms with E-state index in [0.717, 1.165) is 0 Å². The number of carbonyl (C=O) groups excluding carboxylic acids is 1. The van der Waals surface area contributed by atoms with Gasteiger partial charge in [-0.3, -0.25) is 4.79 Å². The van der Waals surface area contributed by atoms with Crippen LogP contribution in [0.25, 0.3) is 0 Å². The topological polar surface area (TPSA) is 66.4 Å². The van der Waals surface area contributed by atoms with Crippen LogP contribution in [0.4, 0.5) is 8.78 Å². The van der Waals surface area contributed by atoms with Crippen molar-refractivity contribution in [3.8, 4) is 0 Å². The van der Waals surface area contributed by atoms with Crippen LogP contribution in [0.1, 0.15) is 38.5 Å². The number of rotatable bonds is 3. The summed E-state index contributed by atoms with van der Waals surface area (Å²) in [7, 11) is 0. The van der Waals surface area contributed by atoms with Gasteiger partial charge in [0.15, 0.2) is 0 Å². The summed E-state index contributed by atoms with van der Waals surface area (Å²) in [6.07, 6.45) is 0.456. The Bertz CT molecular complexity index is 387. The van der Waals surface area contributed by atoms with E-state index >= 15 is 0 Å². The predicted molar refractivity (Wildman–Crippen MR) is 72.0 cm³/mol. The van der Waals surface area contributed by atoms with Gasteiger partial charge < -0.3 is 10.4 Å². The number of halogens is 2. The zero-order valence-corrected chi connectivity index (χ0v) is 12.0. The van der Waals surface area contributed by atoms with Gasteiger partial charge in [0.1, 0.15) is 5.54 Å². The molecule has 0 radical (unpaired) electrons. The van der Waals surface area contributed by atoms with E-state index in [1.165, 1.54) is 0 Å². The van der Waals surface area contributed by atoms with E-state index in [2.05, 4.69) is 5.32 Å². The smallest absolute Gasteiger partial charge is 0.329 e. The molecule has 7 heteroatoms. The molecule has 1 aliphatic heterocycles. The van der Waals surface area contributed by atoms with Gasteiger partial charge in [-0.05, 0) is 37.2 Å². The third kappa shape index (κ3) is 3.42. The van der Waals surface area contributed by atoms with Crippen LogP contribution in [0.2, 0.25) is 0 Å². The number of nitrogens with one attached hydrogen (secondary N) is 1. The fourth-order valence-corrected chi connectivity index (χ4v) is 3.94. The maximum atomic E-state index is 13.1. The van der Waals surface area contributed by atoms with Crippen molar-refractivity contribution in [2.45, 2.75) is 50.0 Å². The number of alkyl halides is 2. The van der Waals surface area contributed by atoms with E-state index in [4.69, 9.17) is 0 Å². The van der Waals surface area contributed by atoms with Crippen molar-refractivity contribution in [1.82, 2.24) is 5.32 Å². The fourth-order valence-electron chi connectivity index (χ4n) is 2.75. The first kappa shape index (κ1) is 15.5. The van der Waals surface area contributed by atoms with Gasteiger partial charge in [0.25, 0.3) is 0 Å². The molecule has 0 unspecified atom stereocenters. The van der Waals surface area contributed by atoms with E-state index in [1.807, 2.05) is 0 Å². The molecule has 1 aliphatic carbocycles. The molecule has 2 fully saturated rings. The monoisotopic (exact) mass is 307 g/mol. The van der Waals surface area contributed by atoms with Gasteiger partial charge in [-0.1, -0.05) is 0 Å². The molecule has 2 rings (SSSR count). The molecule has 4 nitrogen and oxygen atoms in total. The van der Waals surface area contributed by atoms with Crippen LogP contribution in [0, 0.1) is 5.92 Å². The molecule has 1 heterocycles. The molecule has 1 saturated heterocycles. The zero-order valence-electron chi connectivity index (χ0n) is 11.2. The van der Waals surface area contributed by atoms with E-state index in [-0.39, 0.29) is 31.6 Å². The van der Waals surface area contributed by atoms with E-state index in [1.54, 1.807) is 11.8 Å². The van der Waals surface area contributed by atoms with E-state index < -0.39 is 23.3 Å². The molecule has 114 valence electrons. The second kappa shape index (κ2) is 5.87. The Morgan fingerprint density at radius 2 is 1.65 bits per heavy atom. The molecule has 0 aromatic rings. The largest absolute Gasteiger partial charge is 0.480 e. The lowest BCUT2D eigenvalue weighted by molar-refractivity contribution is -0.149. The number of thioether (sulfide) groups is 1. The second-order valence-corrected chi connectivity index (χ2v) is 6.84. The molecular formula is C13H19F2NO3S. The molecule has 2 N–H and O–H groups in total. The summed E-state index contributed by atoms with van der Waals surface area (Å²) in [5.41, 5.74) is -1.21. The maximum Gasteiger partial charge on any atom is 0.329 e. The van der Waals surface area contributed by atoms with Gasteiger partial charge in [0.2, 0.25) is 11.8 Å². The van der Waals surface area contributed by atoms with Crippen molar-refractivity contribution in [2.24, 2.45) is 5.92 Å². The lowest BCUT2D eigenvalue weighted by Gasteiger charge is -2.36. The third-order valence-electron chi connectivity index (χ3n) is 4.21. The number of amides is 1. The highest BCUT2D eigenvalue weighted by Crippen LogP contribution is 2.37. The van der Waals surface area contributed by atoms with E-state index in [0.29, 0.717) is 24.3 Å². The SMILES string of the molecule is O=C(NC1(C(=O)O)CCSCC1)C1CCC(F)(F)CC1. The van der Waals surface area contributed by atoms with Crippen molar-refractivity contribution in [2.75, 3.05) is 11.5 Å². The zero-order chi connectivity index (χ0) is 14.8. The van der Waals surface area contributed by atoms with Gasteiger partial charge in [-0.15, -0.1) is 0 Å². The number of carbonyl (C=O) groups is 2. The van der Waals surface area contributed by atoms with Crippen molar-refractivity contribution >= 4 is 23.6 Å². The summed E-state index contributed by atoms with van der Waals surface area (Å²) in [4.78, 5) is 23.6. The van der Waals surface area contributed by atoms with Gasteiger partial charge in [0.05, 0.1) is 0 Å². The summed E-state index contributed by atoms with van der Waals surface area (Å²) in [5, 5.41) is 12.0. The van der Waals surface area contributed by atoms with Crippen molar-refractivity contribution < 1.29 is 23.5 Å². The lowest BCUT2D eigenvalue weighted by atomic mass is 9.84. The minimum absolute atomic E-state index is 0.128. The summed E-state index contributed by atoms with van der Waals surface area (Å²) >= 11 is 1.66. The minimum Gasteiger partial charge on any atom is -0.480 e. The average Bonchev–Trinajstić information content (AvgIpc) is 2.39. The Hall–Kier alpha value is -0.850. The molecule has 1 saturated carbocycles. The summed E-state index contributed by atoms with van der Waals surface area (Å²) in [5.74, 6) is -3.18. The van der Waals surface area contributed by atoms with Crippen molar-refractivity contribution in [3.05, 3.63) is 0 Å². The van der Waals surface area contributed by atoms with Gasteiger partial charge in [-0.2, -0.15) is 11.8 Å². The molecule has 1 amide bonds. The highest BCUT2D eigenvalue weighted by atomic mass is 32.2. The Labute approximate surface area is 120 Å². The standard InChI is InChI=1S/C13H19F2NO3S/c14-13(15)3-1-9(2-4-13)10(17)16-12(11(18)19)5-7-20-8-6-12/h9H,1-8H2,(H,16,17)(H,18,19). The Morgan fingerprint density at radius 3 is 2.15 bits per heavy atom. The number of carboxylic acids is 1. The van der Waals surface area contributed by atoms with Crippen LogP contribution in [-0.2, 0) is 9.59 Å². The van der Waals surface area contributed by atoms with Gasteiger partial charge >= 0.3 is 5.97 Å². The number of carboxylic acid groups (broad SMARTS) is 1. The Balaban J connectivity index is 1.97. The molecular weight excluding hydrogens is 288 g/mol. The fraction of sp³-hybridized carbons (Fsp3) is 0.846. The van der Waals surface area contributed by atoms with Gasteiger partial charge in [-0.25, -0.2) is 13.6 Å². The molecule has 0 aromatic carbocycles. The lowest BCUT2D eigenvalue weighted by Crippen LogP contribution is -2.58. The maximum absolute atomic E-state index is 13.1. The van der Waals surface area contributed by atoms with E-state index in [9.17, 15) is 23.5 Å². The first-order valence-electron chi connectivity index (χ1n) is 6.86. The quantitative estimate of drug-likeness (QED) is 0.839. The first-order valence-corrected chi connectivity index (χ1v) is 8.01. The number of hydrogen-bond donors (Lipinski definition) is 2. The van der Waals surface area contributed by atoms with Crippen molar-refractivity contribution in [1.29, 1.82) is 0 Å². The van der Waals surface area contributed by atoms with Crippen LogP contribution in [0.3, 0.4) is 0 Å². The normalized spacial score (nSPS) is 25.9. The van der Waals surface area contributed by atoms with Crippen molar-refractivity contribution in [3.63, 3.8) is 0 Å². The average molecular weight is 307 g/mol.